The van der Waals surface area contributed by atoms with E-state index in [4.69, 9.17) is 5.11 Å². The molecule has 21 heavy (non-hydrogen) atoms. The summed E-state index contributed by atoms with van der Waals surface area (Å²) in [6.45, 7) is 1.95. The number of nitrogens with one attached hydrogen (secondary N) is 2. The number of aryl methyl sites for hydroxylation is 1. The summed E-state index contributed by atoms with van der Waals surface area (Å²) in [5, 5.41) is 23.0. The minimum atomic E-state index is -1.03. The summed E-state index contributed by atoms with van der Waals surface area (Å²) in [7, 11) is 0. The van der Waals surface area contributed by atoms with Crippen molar-refractivity contribution >= 4 is 50.1 Å². The van der Waals surface area contributed by atoms with E-state index in [1.165, 1.54) is 29.5 Å². The molecule has 0 aliphatic heterocycles. The van der Waals surface area contributed by atoms with Gasteiger partial charge in [-0.25, -0.2) is 9.59 Å². The van der Waals surface area contributed by atoms with E-state index in [2.05, 4.69) is 36.8 Å². The Kier molecular flexibility index (Phi) is 4.86. The van der Waals surface area contributed by atoms with E-state index in [0.29, 0.717) is 15.3 Å². The monoisotopic (exact) mass is 370 g/mol. The van der Waals surface area contributed by atoms with E-state index in [0.717, 1.165) is 11.4 Å². The van der Waals surface area contributed by atoms with Crippen LogP contribution in [-0.2, 0) is 6.42 Å². The highest BCUT2D eigenvalue weighted by Crippen LogP contribution is 2.24. The Labute approximate surface area is 132 Å². The summed E-state index contributed by atoms with van der Waals surface area (Å²) in [5.41, 5.74) is 0.585. The van der Waals surface area contributed by atoms with Gasteiger partial charge in [0.15, 0.2) is 0 Å². The zero-order chi connectivity index (χ0) is 15.4. The van der Waals surface area contributed by atoms with Crippen molar-refractivity contribution in [1.29, 1.82) is 0 Å². The zero-order valence-electron chi connectivity index (χ0n) is 10.9. The minimum absolute atomic E-state index is 0.129. The third-order valence-corrected chi connectivity index (χ3v) is 4.09. The molecule has 0 radical (unpaired) electrons. The summed E-state index contributed by atoms with van der Waals surface area (Å²) in [6.07, 6.45) is 0.753. The lowest BCUT2D eigenvalue weighted by molar-refractivity contribution is 0.0697. The van der Waals surface area contributed by atoms with Crippen LogP contribution in [0.3, 0.4) is 0 Å². The molecule has 2 rings (SSSR count). The van der Waals surface area contributed by atoms with Crippen LogP contribution in [0.1, 0.15) is 22.3 Å². The molecule has 0 saturated carbocycles. The van der Waals surface area contributed by atoms with Crippen LogP contribution < -0.4 is 10.6 Å². The number of anilines is 2. The lowest BCUT2D eigenvalue weighted by Gasteiger charge is -2.07. The maximum Gasteiger partial charge on any atom is 0.335 e. The Morgan fingerprint density at radius 2 is 2.10 bits per heavy atom. The van der Waals surface area contributed by atoms with Gasteiger partial charge in [-0.05, 0) is 40.5 Å². The van der Waals surface area contributed by atoms with Crippen molar-refractivity contribution in [2.24, 2.45) is 0 Å². The smallest absolute Gasteiger partial charge is 0.335 e. The van der Waals surface area contributed by atoms with Gasteiger partial charge in [0.2, 0.25) is 5.13 Å². The first-order valence-corrected chi connectivity index (χ1v) is 7.53. The first-order chi connectivity index (χ1) is 9.99. The number of hydrogen-bond donors (Lipinski definition) is 3. The number of carbonyl (C=O) groups is 2. The molecule has 0 spiro atoms. The van der Waals surface area contributed by atoms with Crippen LogP contribution in [0, 0.1) is 0 Å². The molecule has 1 heterocycles. The van der Waals surface area contributed by atoms with Crippen LogP contribution in [0.4, 0.5) is 15.6 Å². The van der Waals surface area contributed by atoms with Gasteiger partial charge in [-0.2, -0.15) is 0 Å². The van der Waals surface area contributed by atoms with Gasteiger partial charge in [-0.15, -0.1) is 10.2 Å². The number of urea groups is 1. The predicted molar refractivity (Wildman–Crippen MR) is 83.0 cm³/mol. The molecule has 0 bridgehead atoms. The number of amides is 2. The average molecular weight is 371 g/mol. The lowest BCUT2D eigenvalue weighted by atomic mass is 10.2. The van der Waals surface area contributed by atoms with Crippen molar-refractivity contribution in [1.82, 2.24) is 10.2 Å². The molecule has 1 aromatic carbocycles. The minimum Gasteiger partial charge on any atom is -0.478 e. The van der Waals surface area contributed by atoms with Crippen molar-refractivity contribution in [2.45, 2.75) is 13.3 Å². The number of carboxylic acid groups (broad SMARTS) is 1. The molecule has 9 heteroatoms. The van der Waals surface area contributed by atoms with Crippen molar-refractivity contribution < 1.29 is 14.7 Å². The van der Waals surface area contributed by atoms with Gasteiger partial charge in [0.05, 0.1) is 11.3 Å². The second-order valence-electron chi connectivity index (χ2n) is 3.93. The molecule has 0 saturated heterocycles. The number of rotatable bonds is 4. The fourth-order valence-corrected chi connectivity index (χ4v) is 2.60. The number of carboxylic acids is 1. The molecule has 0 aliphatic carbocycles. The Hall–Kier alpha value is -2.00. The van der Waals surface area contributed by atoms with Gasteiger partial charge in [-0.1, -0.05) is 18.3 Å². The Bertz CT molecular complexity index is 689. The van der Waals surface area contributed by atoms with Crippen LogP contribution in [0.5, 0.6) is 0 Å². The van der Waals surface area contributed by atoms with Crippen molar-refractivity contribution in [3.63, 3.8) is 0 Å². The first kappa shape index (κ1) is 15.4. The third-order valence-electron chi connectivity index (χ3n) is 2.45. The van der Waals surface area contributed by atoms with Crippen LogP contribution in [-0.4, -0.2) is 27.3 Å². The average Bonchev–Trinajstić information content (AvgIpc) is 2.88. The van der Waals surface area contributed by atoms with Crippen molar-refractivity contribution in [2.75, 3.05) is 10.6 Å². The van der Waals surface area contributed by atoms with Crippen LogP contribution in [0.25, 0.3) is 0 Å². The highest BCUT2D eigenvalue weighted by molar-refractivity contribution is 9.10. The number of nitrogens with zero attached hydrogens (tertiary/aromatic N) is 2. The number of aromatic carboxylic acids is 1. The second-order valence-corrected chi connectivity index (χ2v) is 5.85. The summed E-state index contributed by atoms with van der Waals surface area (Å²) < 4.78 is 0.476. The second kappa shape index (κ2) is 6.64. The normalized spacial score (nSPS) is 10.2. The standard InChI is InChI=1S/C12H11BrN4O3S/c1-2-9-16-17-12(21-9)15-11(20)14-8-4-3-6(10(18)19)5-7(8)13/h3-5H,2H2,1H3,(H,18,19)(H2,14,15,17,20). The van der Waals surface area contributed by atoms with E-state index in [-0.39, 0.29) is 5.56 Å². The fourth-order valence-electron chi connectivity index (χ4n) is 1.45. The number of hydrogen-bond acceptors (Lipinski definition) is 5. The molecule has 2 amide bonds. The maximum absolute atomic E-state index is 11.8. The van der Waals surface area contributed by atoms with Gasteiger partial charge in [0, 0.05) is 4.47 Å². The molecule has 3 N–H and O–H groups in total. The topological polar surface area (TPSA) is 104 Å². The van der Waals surface area contributed by atoms with Gasteiger partial charge < -0.3 is 10.4 Å². The van der Waals surface area contributed by atoms with E-state index >= 15 is 0 Å². The van der Waals surface area contributed by atoms with Crippen LogP contribution in [0.2, 0.25) is 0 Å². The molecule has 0 unspecified atom stereocenters. The molecule has 7 nitrogen and oxygen atoms in total. The lowest BCUT2D eigenvalue weighted by Crippen LogP contribution is -2.19. The first-order valence-electron chi connectivity index (χ1n) is 5.92. The largest absolute Gasteiger partial charge is 0.478 e. The molecule has 1 aromatic heterocycles. The van der Waals surface area contributed by atoms with E-state index < -0.39 is 12.0 Å². The SMILES string of the molecule is CCc1nnc(NC(=O)Nc2ccc(C(=O)O)cc2Br)s1. The third kappa shape index (κ3) is 3.99. The fraction of sp³-hybridized carbons (Fsp3) is 0.167. The van der Waals surface area contributed by atoms with Gasteiger partial charge >= 0.3 is 12.0 Å². The molecule has 2 aromatic rings. The molecule has 0 fully saturated rings. The Morgan fingerprint density at radius 3 is 2.67 bits per heavy atom. The molecule has 0 atom stereocenters. The molecule has 0 aliphatic rings. The van der Waals surface area contributed by atoms with E-state index in [1.807, 2.05) is 6.92 Å². The quantitative estimate of drug-likeness (QED) is 0.766. The van der Waals surface area contributed by atoms with Crippen LogP contribution >= 0.6 is 27.3 Å². The summed E-state index contributed by atoms with van der Waals surface area (Å²) in [4.78, 5) is 22.7. The maximum atomic E-state index is 11.8. The zero-order valence-corrected chi connectivity index (χ0v) is 13.3. The summed E-state index contributed by atoms with van der Waals surface area (Å²) in [5.74, 6) is -1.03. The molecule has 110 valence electrons. The van der Waals surface area contributed by atoms with Crippen LogP contribution in [0.15, 0.2) is 22.7 Å². The number of benzene rings is 1. The van der Waals surface area contributed by atoms with Crippen molar-refractivity contribution in [3.05, 3.63) is 33.2 Å². The van der Waals surface area contributed by atoms with E-state index in [1.54, 1.807) is 0 Å². The molecular weight excluding hydrogens is 360 g/mol. The van der Waals surface area contributed by atoms with Crippen molar-refractivity contribution in [3.8, 4) is 0 Å². The van der Waals surface area contributed by atoms with E-state index in [9.17, 15) is 9.59 Å². The highest BCUT2D eigenvalue weighted by atomic mass is 79.9. The number of halogens is 1. The summed E-state index contributed by atoms with van der Waals surface area (Å²) in [6, 6.07) is 3.85. The predicted octanol–water partition coefficient (Wildman–Crippen LogP) is 3.21. The van der Waals surface area contributed by atoms with Gasteiger partial charge in [-0.3, -0.25) is 5.32 Å². The number of carbonyl (C=O) groups excluding carboxylic acids is 1. The Morgan fingerprint density at radius 1 is 1.33 bits per heavy atom. The summed E-state index contributed by atoms with van der Waals surface area (Å²) >= 11 is 4.51. The molecular formula is C12H11BrN4O3S. The number of aromatic nitrogens is 2. The Balaban J connectivity index is 2.04. The highest BCUT2D eigenvalue weighted by Gasteiger charge is 2.11. The van der Waals surface area contributed by atoms with Gasteiger partial charge in [0.25, 0.3) is 0 Å². The van der Waals surface area contributed by atoms with Gasteiger partial charge in [0.1, 0.15) is 5.01 Å².